The molecule has 7 nitrogen and oxygen atoms in total. The van der Waals surface area contributed by atoms with Crippen molar-refractivity contribution in [3.05, 3.63) is 22.6 Å². The van der Waals surface area contributed by atoms with Crippen LogP contribution in [-0.2, 0) is 9.59 Å². The zero-order chi connectivity index (χ0) is 20.3. The highest BCUT2D eigenvalue weighted by atomic mass is 16.4. The number of hydrogen-bond acceptors (Lipinski definition) is 3. The number of carbonyl (C=O) groups excluding carboxylic acids is 1. The van der Waals surface area contributed by atoms with Gasteiger partial charge in [-0.15, -0.1) is 0 Å². The molecule has 0 spiro atoms. The van der Waals surface area contributed by atoms with Crippen LogP contribution < -0.4 is 0 Å². The molecular formula is C21H30N4O3. The Balaban J connectivity index is 1.65. The second kappa shape index (κ2) is 6.51. The topological polar surface area (TPSA) is 106 Å². The highest BCUT2D eigenvalue weighted by Crippen LogP contribution is 2.66. The third-order valence-electron chi connectivity index (χ3n) is 9.01. The molecule has 7 heteroatoms. The summed E-state index contributed by atoms with van der Waals surface area (Å²) in [6.45, 7) is 4.54. The van der Waals surface area contributed by atoms with Crippen molar-refractivity contribution >= 4 is 11.9 Å². The number of carboxylic acid groups (broad SMARTS) is 1. The summed E-state index contributed by atoms with van der Waals surface area (Å²) in [6, 6.07) is -0.718. The molecule has 0 aromatic heterocycles. The minimum Gasteiger partial charge on any atom is -0.481 e. The smallest absolute Gasteiger partial charge is 0.312 e. The van der Waals surface area contributed by atoms with Crippen LogP contribution in [0.1, 0.15) is 52.4 Å². The standard InChI is InChI=1S/C21H30N4O3/c1-20-10-8-14-12(4-7-16-21(14,2)11-9-17(26)25(16)3)13(20)5-6-15(20)18(19(27)28)23-24-22/h9,11-16,18H,4-8,10H2,1-3H3,(H,27,28)/t12?,13-,14?,15+,16+,18?,20-,21+/m0/s1. The van der Waals surface area contributed by atoms with Gasteiger partial charge >= 0.3 is 5.97 Å². The number of aliphatic carboxylic acids is 1. The molecule has 152 valence electrons. The monoisotopic (exact) mass is 386 g/mol. The number of hydrogen-bond donors (Lipinski definition) is 1. The maximum Gasteiger partial charge on any atom is 0.312 e. The normalized spacial score (nSPS) is 45.5. The van der Waals surface area contributed by atoms with E-state index >= 15 is 0 Å². The summed E-state index contributed by atoms with van der Waals surface area (Å²) in [4.78, 5) is 28.7. The van der Waals surface area contributed by atoms with Crippen LogP contribution in [0.2, 0.25) is 0 Å². The lowest BCUT2D eigenvalue weighted by Crippen LogP contribution is -2.59. The fraction of sp³-hybridized carbons (Fsp3) is 0.810. The van der Waals surface area contributed by atoms with Gasteiger partial charge in [-0.2, -0.15) is 0 Å². The van der Waals surface area contributed by atoms with E-state index in [1.807, 2.05) is 11.9 Å². The van der Waals surface area contributed by atoms with Gasteiger partial charge in [0.1, 0.15) is 6.04 Å². The Hall–Kier alpha value is -2.01. The maximum absolute atomic E-state index is 12.2. The lowest BCUT2D eigenvalue weighted by molar-refractivity contribution is -0.144. The molecule has 3 unspecified atom stereocenters. The van der Waals surface area contributed by atoms with Crippen molar-refractivity contribution in [1.82, 2.24) is 4.90 Å². The summed E-state index contributed by atoms with van der Waals surface area (Å²) in [5.41, 5.74) is 8.77. The van der Waals surface area contributed by atoms with Crippen LogP contribution in [0.25, 0.3) is 10.4 Å². The Morgan fingerprint density at radius 2 is 2.04 bits per heavy atom. The number of carboxylic acids is 1. The minimum atomic E-state index is -1.00. The second-order valence-corrected chi connectivity index (χ2v) is 9.83. The fourth-order valence-corrected chi connectivity index (χ4v) is 7.66. The first-order chi connectivity index (χ1) is 13.2. The van der Waals surface area contributed by atoms with Gasteiger partial charge in [0.2, 0.25) is 5.91 Å². The highest BCUT2D eigenvalue weighted by Gasteiger charge is 2.61. The fourth-order valence-electron chi connectivity index (χ4n) is 7.66. The molecule has 28 heavy (non-hydrogen) atoms. The number of rotatable bonds is 3. The van der Waals surface area contributed by atoms with Gasteiger partial charge in [0.25, 0.3) is 0 Å². The van der Waals surface area contributed by atoms with Crippen molar-refractivity contribution < 1.29 is 14.7 Å². The number of amides is 1. The summed E-state index contributed by atoms with van der Waals surface area (Å²) in [5, 5.41) is 13.3. The molecular weight excluding hydrogens is 356 g/mol. The molecule has 1 heterocycles. The van der Waals surface area contributed by atoms with E-state index in [9.17, 15) is 14.7 Å². The van der Waals surface area contributed by atoms with Crippen LogP contribution in [0.5, 0.6) is 0 Å². The van der Waals surface area contributed by atoms with Gasteiger partial charge in [0, 0.05) is 23.4 Å². The van der Waals surface area contributed by atoms with Crippen molar-refractivity contribution in [3.8, 4) is 0 Å². The zero-order valence-corrected chi connectivity index (χ0v) is 16.9. The van der Waals surface area contributed by atoms with Crippen LogP contribution in [0.15, 0.2) is 17.3 Å². The summed E-state index contributed by atoms with van der Waals surface area (Å²) < 4.78 is 0. The molecule has 0 aromatic carbocycles. The van der Waals surface area contributed by atoms with Gasteiger partial charge in [0.15, 0.2) is 0 Å². The first kappa shape index (κ1) is 19.3. The molecule has 0 bridgehead atoms. The van der Waals surface area contributed by atoms with E-state index in [4.69, 9.17) is 5.53 Å². The van der Waals surface area contributed by atoms with Gasteiger partial charge in [0.05, 0.1) is 0 Å². The quantitative estimate of drug-likeness (QED) is 0.450. The average Bonchev–Trinajstić information content (AvgIpc) is 3.00. The number of carbonyl (C=O) groups is 2. The lowest BCUT2D eigenvalue weighted by Gasteiger charge is -2.60. The Labute approximate surface area is 165 Å². The summed E-state index contributed by atoms with van der Waals surface area (Å²) in [6.07, 6.45) is 9.81. The average molecular weight is 386 g/mol. The van der Waals surface area contributed by atoms with Crippen molar-refractivity contribution in [3.63, 3.8) is 0 Å². The molecule has 3 fully saturated rings. The summed E-state index contributed by atoms with van der Waals surface area (Å²) in [5.74, 6) is 0.512. The third kappa shape index (κ3) is 2.52. The molecule has 0 aromatic rings. The zero-order valence-electron chi connectivity index (χ0n) is 16.9. The predicted octanol–water partition coefficient (Wildman–Crippen LogP) is 4.01. The molecule has 1 aliphatic heterocycles. The Bertz CT molecular complexity index is 774. The molecule has 8 atom stereocenters. The maximum atomic E-state index is 12.2. The van der Waals surface area contributed by atoms with Crippen molar-refractivity contribution in [2.24, 2.45) is 39.6 Å². The second-order valence-electron chi connectivity index (χ2n) is 9.83. The van der Waals surface area contributed by atoms with Gasteiger partial charge in [-0.25, -0.2) is 0 Å². The summed E-state index contributed by atoms with van der Waals surface area (Å²) in [7, 11) is 1.92. The third-order valence-corrected chi connectivity index (χ3v) is 9.01. The first-order valence-electron chi connectivity index (χ1n) is 10.5. The molecule has 4 aliphatic rings. The SMILES string of the molecule is CN1C(=O)C=C[C@]2(C)C3CC[C@]4(C)[C@@H](C(N=[N+]=[N-])C(=O)O)CC[C@H]4C3CC[C@@H]12. The molecule has 1 amide bonds. The molecule has 4 rings (SSSR count). The van der Waals surface area contributed by atoms with E-state index in [2.05, 4.69) is 29.9 Å². The first-order valence-corrected chi connectivity index (χ1v) is 10.5. The van der Waals surface area contributed by atoms with Crippen LogP contribution >= 0.6 is 0 Å². The van der Waals surface area contributed by atoms with E-state index in [0.717, 1.165) is 38.5 Å². The Kier molecular flexibility index (Phi) is 4.49. The van der Waals surface area contributed by atoms with Crippen molar-refractivity contribution in [1.29, 1.82) is 0 Å². The number of azide groups is 1. The number of nitrogens with zero attached hydrogens (tertiary/aromatic N) is 4. The minimum absolute atomic E-state index is 0.0119. The van der Waals surface area contributed by atoms with Crippen molar-refractivity contribution in [2.45, 2.75) is 64.5 Å². The molecule has 1 N–H and O–H groups in total. The van der Waals surface area contributed by atoms with E-state index in [1.54, 1.807) is 6.08 Å². The van der Waals surface area contributed by atoms with Crippen LogP contribution in [0.4, 0.5) is 0 Å². The van der Waals surface area contributed by atoms with E-state index < -0.39 is 12.0 Å². The van der Waals surface area contributed by atoms with E-state index in [-0.39, 0.29) is 28.7 Å². The van der Waals surface area contributed by atoms with Gasteiger partial charge in [-0.1, -0.05) is 25.0 Å². The van der Waals surface area contributed by atoms with Gasteiger partial charge in [-0.3, -0.25) is 9.59 Å². The number of fused-ring (bicyclic) bond motifs is 5. The Morgan fingerprint density at radius 3 is 2.71 bits per heavy atom. The van der Waals surface area contributed by atoms with E-state index in [1.165, 1.54) is 0 Å². The van der Waals surface area contributed by atoms with Gasteiger partial charge < -0.3 is 10.0 Å². The van der Waals surface area contributed by atoms with Crippen LogP contribution in [-0.4, -0.2) is 41.0 Å². The van der Waals surface area contributed by atoms with Gasteiger partial charge in [-0.05, 0) is 79.2 Å². The van der Waals surface area contributed by atoms with Crippen LogP contribution in [0.3, 0.4) is 0 Å². The largest absolute Gasteiger partial charge is 0.481 e. The molecule has 3 aliphatic carbocycles. The van der Waals surface area contributed by atoms with Crippen molar-refractivity contribution in [2.75, 3.05) is 7.05 Å². The van der Waals surface area contributed by atoms with E-state index in [0.29, 0.717) is 17.8 Å². The molecule has 0 radical (unpaired) electrons. The lowest BCUT2D eigenvalue weighted by atomic mass is 9.47. The Morgan fingerprint density at radius 1 is 1.29 bits per heavy atom. The number of likely N-dealkylation sites (N-methyl/N-ethyl adjacent to an activating group) is 1. The molecule has 3 saturated carbocycles. The highest BCUT2D eigenvalue weighted by molar-refractivity contribution is 5.89. The molecule has 0 saturated heterocycles. The summed E-state index contributed by atoms with van der Waals surface area (Å²) >= 11 is 0. The van der Waals surface area contributed by atoms with Crippen LogP contribution in [0, 0.1) is 34.5 Å². The predicted molar refractivity (Wildman–Crippen MR) is 104 cm³/mol.